The number of aliphatic hydroxyl groups is 1. The topological polar surface area (TPSA) is 36.6 Å². The van der Waals surface area contributed by atoms with E-state index in [-0.39, 0.29) is 0 Å². The average molecular weight is 324 g/mol. The van der Waals surface area contributed by atoms with Gasteiger partial charge in [-0.2, -0.15) is 0 Å². The van der Waals surface area contributed by atoms with Crippen LogP contribution in [0.5, 0.6) is 0 Å². The van der Waals surface area contributed by atoms with Crippen molar-refractivity contribution < 1.29 is 9.52 Å². The fraction of sp³-hybridized carbons (Fsp3) is 0.333. The third-order valence-electron chi connectivity index (χ3n) is 3.04. The van der Waals surface area contributed by atoms with E-state index in [1.54, 1.807) is 6.26 Å². The van der Waals surface area contributed by atoms with Gasteiger partial charge in [0.1, 0.15) is 5.76 Å². The third kappa shape index (κ3) is 4.49. The van der Waals surface area contributed by atoms with Gasteiger partial charge in [-0.25, -0.2) is 0 Å². The van der Waals surface area contributed by atoms with Crippen LogP contribution in [0.15, 0.2) is 51.6 Å². The molecule has 2 aromatic rings. The number of halogens is 1. The molecule has 1 aromatic carbocycles. The Balaban J connectivity index is 1.79. The van der Waals surface area contributed by atoms with Crippen LogP contribution in [0.2, 0.25) is 0 Å². The minimum atomic E-state index is -0.424. The summed E-state index contributed by atoms with van der Waals surface area (Å²) in [6, 6.07) is 11.6. The SMILES string of the molecule is CN(CCC(O)c1ccc(Br)cc1)Cc1ccco1. The highest BCUT2D eigenvalue weighted by atomic mass is 79.9. The standard InChI is InChI=1S/C15H18BrNO2/c1-17(11-14-3-2-10-19-14)9-8-15(18)12-4-6-13(16)7-5-12/h2-7,10,15,18H,8-9,11H2,1H3. The predicted molar refractivity (Wildman–Crippen MR) is 78.8 cm³/mol. The van der Waals surface area contributed by atoms with E-state index in [1.807, 2.05) is 43.4 Å². The van der Waals surface area contributed by atoms with E-state index < -0.39 is 6.10 Å². The highest BCUT2D eigenvalue weighted by Gasteiger charge is 2.09. The Morgan fingerprint density at radius 3 is 2.63 bits per heavy atom. The summed E-state index contributed by atoms with van der Waals surface area (Å²) in [5, 5.41) is 10.1. The Morgan fingerprint density at radius 1 is 1.26 bits per heavy atom. The van der Waals surface area contributed by atoms with Crippen LogP contribution in [-0.2, 0) is 6.54 Å². The number of hydrogen-bond acceptors (Lipinski definition) is 3. The van der Waals surface area contributed by atoms with Gasteiger partial charge < -0.3 is 9.52 Å². The Hall–Kier alpha value is -1.10. The number of nitrogens with zero attached hydrogens (tertiary/aromatic N) is 1. The molecule has 0 radical (unpaired) electrons. The predicted octanol–water partition coefficient (Wildman–Crippen LogP) is 3.60. The molecule has 102 valence electrons. The van der Waals surface area contributed by atoms with Gasteiger partial charge >= 0.3 is 0 Å². The van der Waals surface area contributed by atoms with E-state index >= 15 is 0 Å². The fourth-order valence-electron chi connectivity index (χ4n) is 1.94. The van der Waals surface area contributed by atoms with Crippen LogP contribution in [0.3, 0.4) is 0 Å². The van der Waals surface area contributed by atoms with Gasteiger partial charge in [-0.05, 0) is 43.3 Å². The lowest BCUT2D eigenvalue weighted by Crippen LogP contribution is -2.20. The molecule has 0 aliphatic carbocycles. The summed E-state index contributed by atoms with van der Waals surface area (Å²) in [5.41, 5.74) is 0.953. The van der Waals surface area contributed by atoms with E-state index in [2.05, 4.69) is 20.8 Å². The van der Waals surface area contributed by atoms with Crippen molar-refractivity contribution in [3.8, 4) is 0 Å². The minimum Gasteiger partial charge on any atom is -0.468 e. The lowest BCUT2D eigenvalue weighted by molar-refractivity contribution is 0.145. The molecule has 1 N–H and O–H groups in total. The molecule has 0 spiro atoms. The molecule has 1 atom stereocenters. The smallest absolute Gasteiger partial charge is 0.117 e. The third-order valence-corrected chi connectivity index (χ3v) is 3.57. The first-order valence-electron chi connectivity index (χ1n) is 6.29. The average Bonchev–Trinajstić information content (AvgIpc) is 2.89. The highest BCUT2D eigenvalue weighted by Crippen LogP contribution is 2.19. The zero-order chi connectivity index (χ0) is 13.7. The minimum absolute atomic E-state index is 0.424. The summed E-state index contributed by atoms with van der Waals surface area (Å²) in [6.45, 7) is 1.58. The highest BCUT2D eigenvalue weighted by molar-refractivity contribution is 9.10. The normalized spacial score (nSPS) is 12.8. The van der Waals surface area contributed by atoms with Crippen LogP contribution in [0.1, 0.15) is 23.8 Å². The van der Waals surface area contributed by atoms with E-state index in [1.165, 1.54) is 0 Å². The Kier molecular flexibility index (Phi) is 5.19. The van der Waals surface area contributed by atoms with E-state index in [9.17, 15) is 5.11 Å². The molecule has 0 saturated carbocycles. The van der Waals surface area contributed by atoms with Gasteiger partial charge in [0.2, 0.25) is 0 Å². The van der Waals surface area contributed by atoms with Gasteiger partial charge in [-0.1, -0.05) is 28.1 Å². The first kappa shape index (κ1) is 14.3. The van der Waals surface area contributed by atoms with Crippen molar-refractivity contribution in [3.63, 3.8) is 0 Å². The molecule has 3 nitrogen and oxygen atoms in total. The maximum absolute atomic E-state index is 10.1. The van der Waals surface area contributed by atoms with Crippen molar-refractivity contribution in [2.75, 3.05) is 13.6 Å². The van der Waals surface area contributed by atoms with Crippen molar-refractivity contribution in [3.05, 3.63) is 58.5 Å². The van der Waals surface area contributed by atoms with Crippen molar-refractivity contribution >= 4 is 15.9 Å². The molecule has 0 bridgehead atoms. The second kappa shape index (κ2) is 6.89. The van der Waals surface area contributed by atoms with Crippen LogP contribution in [0, 0.1) is 0 Å². The van der Waals surface area contributed by atoms with Crippen LogP contribution < -0.4 is 0 Å². The number of rotatable bonds is 6. The largest absolute Gasteiger partial charge is 0.468 e. The quantitative estimate of drug-likeness (QED) is 0.882. The van der Waals surface area contributed by atoms with E-state index in [4.69, 9.17) is 4.42 Å². The Labute approximate surface area is 122 Å². The summed E-state index contributed by atoms with van der Waals surface area (Å²) in [4.78, 5) is 2.14. The molecule has 1 aromatic heterocycles. The molecule has 4 heteroatoms. The van der Waals surface area contributed by atoms with Gasteiger partial charge in [0.15, 0.2) is 0 Å². The van der Waals surface area contributed by atoms with Gasteiger partial charge in [0.05, 0.1) is 18.9 Å². The van der Waals surface area contributed by atoms with Gasteiger partial charge in [-0.3, -0.25) is 4.90 Å². The van der Waals surface area contributed by atoms with Crippen LogP contribution in [0.4, 0.5) is 0 Å². The van der Waals surface area contributed by atoms with Crippen molar-refractivity contribution in [2.45, 2.75) is 19.1 Å². The molecule has 1 unspecified atom stereocenters. The zero-order valence-corrected chi connectivity index (χ0v) is 12.5. The van der Waals surface area contributed by atoms with Gasteiger partial charge in [0.25, 0.3) is 0 Å². The second-order valence-corrected chi connectivity index (χ2v) is 5.59. The van der Waals surface area contributed by atoms with E-state index in [0.717, 1.165) is 28.9 Å². The van der Waals surface area contributed by atoms with Crippen LogP contribution in [0.25, 0.3) is 0 Å². The lowest BCUT2D eigenvalue weighted by atomic mass is 10.1. The number of furan rings is 1. The van der Waals surface area contributed by atoms with E-state index in [0.29, 0.717) is 6.42 Å². The lowest BCUT2D eigenvalue weighted by Gasteiger charge is -2.18. The number of hydrogen-bond donors (Lipinski definition) is 1. The summed E-state index contributed by atoms with van der Waals surface area (Å²) in [5.74, 6) is 0.945. The van der Waals surface area contributed by atoms with Gasteiger partial charge in [0, 0.05) is 11.0 Å². The first-order valence-corrected chi connectivity index (χ1v) is 7.09. The maximum Gasteiger partial charge on any atom is 0.117 e. The molecular formula is C15H18BrNO2. The molecule has 0 aliphatic rings. The Morgan fingerprint density at radius 2 is 2.00 bits per heavy atom. The zero-order valence-electron chi connectivity index (χ0n) is 10.9. The fourth-order valence-corrected chi connectivity index (χ4v) is 2.21. The molecule has 0 fully saturated rings. The summed E-state index contributed by atoms with van der Waals surface area (Å²) in [6.07, 6.45) is 1.96. The van der Waals surface area contributed by atoms with Crippen LogP contribution in [-0.4, -0.2) is 23.6 Å². The molecule has 19 heavy (non-hydrogen) atoms. The molecule has 0 amide bonds. The van der Waals surface area contributed by atoms with Gasteiger partial charge in [-0.15, -0.1) is 0 Å². The summed E-state index contributed by atoms with van der Waals surface area (Å²) < 4.78 is 6.33. The first-order chi connectivity index (χ1) is 9.15. The molecule has 0 aliphatic heterocycles. The maximum atomic E-state index is 10.1. The molecule has 2 rings (SSSR count). The number of aliphatic hydroxyl groups excluding tert-OH is 1. The Bertz CT molecular complexity index is 481. The summed E-state index contributed by atoms with van der Waals surface area (Å²) >= 11 is 3.39. The molecular weight excluding hydrogens is 306 g/mol. The second-order valence-electron chi connectivity index (χ2n) is 4.67. The van der Waals surface area contributed by atoms with Crippen molar-refractivity contribution in [1.29, 1.82) is 0 Å². The number of benzene rings is 1. The summed E-state index contributed by atoms with van der Waals surface area (Å²) in [7, 11) is 2.02. The van der Waals surface area contributed by atoms with Crippen molar-refractivity contribution in [2.24, 2.45) is 0 Å². The monoisotopic (exact) mass is 323 g/mol. The van der Waals surface area contributed by atoms with Crippen molar-refractivity contribution in [1.82, 2.24) is 4.90 Å². The molecule has 0 saturated heterocycles. The molecule has 1 heterocycles. The van der Waals surface area contributed by atoms with Crippen LogP contribution >= 0.6 is 15.9 Å².